The van der Waals surface area contributed by atoms with Crippen LogP contribution < -0.4 is 14.8 Å². The predicted molar refractivity (Wildman–Crippen MR) is 108 cm³/mol. The summed E-state index contributed by atoms with van der Waals surface area (Å²) in [5.74, 6) is 1.91. The molecule has 1 amide bonds. The molecule has 1 aliphatic rings. The van der Waals surface area contributed by atoms with E-state index in [9.17, 15) is 4.79 Å². The van der Waals surface area contributed by atoms with Gasteiger partial charge in [0.2, 0.25) is 11.8 Å². The van der Waals surface area contributed by atoms with Gasteiger partial charge < -0.3 is 14.8 Å². The number of hydrogen-bond donors (Lipinski definition) is 1. The van der Waals surface area contributed by atoms with E-state index in [4.69, 9.17) is 21.1 Å². The Morgan fingerprint density at radius 1 is 1.18 bits per heavy atom. The van der Waals surface area contributed by atoms with Crippen LogP contribution in [0.25, 0.3) is 0 Å². The number of benzene rings is 2. The topological polar surface area (TPSA) is 60.5 Å². The molecule has 3 aromatic rings. The van der Waals surface area contributed by atoms with Crippen LogP contribution in [-0.2, 0) is 11.2 Å². The zero-order valence-electron chi connectivity index (χ0n) is 15.1. The first-order valence-electron chi connectivity index (χ1n) is 9.01. The Labute approximate surface area is 168 Å². The Kier molecular flexibility index (Phi) is 5.44. The van der Waals surface area contributed by atoms with Gasteiger partial charge in [-0.3, -0.25) is 4.79 Å². The second-order valence-electron chi connectivity index (χ2n) is 6.56. The third-order valence-electron chi connectivity index (χ3n) is 4.58. The zero-order valence-corrected chi connectivity index (χ0v) is 15.9. The minimum atomic E-state index is -0.280. The van der Waals surface area contributed by atoms with Crippen molar-refractivity contribution in [3.05, 3.63) is 78.0 Å². The van der Waals surface area contributed by atoms with Crippen LogP contribution in [0.3, 0.4) is 0 Å². The molecule has 1 unspecified atom stereocenters. The van der Waals surface area contributed by atoms with Gasteiger partial charge in [-0.1, -0.05) is 36.4 Å². The molecule has 2 heterocycles. The number of hydrogen-bond acceptors (Lipinski definition) is 4. The lowest BCUT2D eigenvalue weighted by Gasteiger charge is -2.26. The van der Waals surface area contributed by atoms with Crippen molar-refractivity contribution in [3.63, 3.8) is 0 Å². The normalized spacial score (nSPS) is 15.2. The first-order valence-corrected chi connectivity index (χ1v) is 9.55. The van der Waals surface area contributed by atoms with Crippen molar-refractivity contribution in [2.24, 2.45) is 0 Å². The number of aromatic nitrogens is 1. The molecule has 2 aromatic carbocycles. The number of amides is 1. The first kappa shape index (κ1) is 18.3. The average Bonchev–Trinajstić information content (AvgIpc) is 2.75. The Hall–Kier alpha value is -3.05. The average molecular weight is 395 g/mol. The van der Waals surface area contributed by atoms with E-state index in [2.05, 4.69) is 34.6 Å². The van der Waals surface area contributed by atoms with E-state index in [0.29, 0.717) is 29.8 Å². The maximum Gasteiger partial charge on any atom is 0.239 e. The number of alkyl halides is 1. The monoisotopic (exact) mass is 394 g/mol. The van der Waals surface area contributed by atoms with Gasteiger partial charge >= 0.3 is 0 Å². The van der Waals surface area contributed by atoms with Crippen LogP contribution in [0.4, 0.5) is 5.69 Å². The molecule has 0 spiro atoms. The molecule has 0 saturated heterocycles. The van der Waals surface area contributed by atoms with Crippen LogP contribution in [0.2, 0.25) is 0 Å². The number of nitrogens with zero attached hydrogens (tertiary/aromatic N) is 1. The largest absolute Gasteiger partial charge is 0.493 e. The summed E-state index contributed by atoms with van der Waals surface area (Å²) in [4.78, 5) is 15.5. The van der Waals surface area contributed by atoms with E-state index in [1.807, 2.05) is 24.3 Å². The van der Waals surface area contributed by atoms with Gasteiger partial charge in [0, 0.05) is 18.1 Å². The molecule has 4 rings (SSSR count). The van der Waals surface area contributed by atoms with Gasteiger partial charge in [0.15, 0.2) is 0 Å². The Bertz CT molecular complexity index is 961. The summed E-state index contributed by atoms with van der Waals surface area (Å²) < 4.78 is 11.8. The Morgan fingerprint density at radius 3 is 2.79 bits per heavy atom. The van der Waals surface area contributed by atoms with Crippen LogP contribution >= 0.6 is 11.6 Å². The van der Waals surface area contributed by atoms with Gasteiger partial charge in [0.25, 0.3) is 0 Å². The molecule has 0 bridgehead atoms. The molecule has 142 valence electrons. The molecule has 1 aliphatic heterocycles. The van der Waals surface area contributed by atoms with E-state index in [1.165, 1.54) is 17.3 Å². The highest BCUT2D eigenvalue weighted by molar-refractivity contribution is 6.29. The van der Waals surface area contributed by atoms with Gasteiger partial charge in [-0.2, -0.15) is 0 Å². The third kappa shape index (κ3) is 4.26. The number of pyridine rings is 1. The lowest BCUT2D eigenvalue weighted by Crippen LogP contribution is -2.19. The van der Waals surface area contributed by atoms with Crippen LogP contribution in [0, 0.1) is 0 Å². The lowest BCUT2D eigenvalue weighted by atomic mass is 9.90. The van der Waals surface area contributed by atoms with E-state index < -0.39 is 0 Å². The smallest absolute Gasteiger partial charge is 0.239 e. The highest BCUT2D eigenvalue weighted by atomic mass is 35.5. The maximum absolute atomic E-state index is 11.3. The van der Waals surface area contributed by atoms with Crippen LogP contribution in [0.15, 0.2) is 66.9 Å². The Morgan fingerprint density at radius 2 is 2.04 bits per heavy atom. The first-order chi connectivity index (χ1) is 13.7. The molecule has 1 N–H and O–H groups in total. The zero-order chi connectivity index (χ0) is 19.3. The highest BCUT2D eigenvalue weighted by Crippen LogP contribution is 2.35. The minimum absolute atomic E-state index is 0.0987. The van der Waals surface area contributed by atoms with E-state index >= 15 is 0 Å². The van der Waals surface area contributed by atoms with E-state index in [0.717, 1.165) is 12.2 Å². The summed E-state index contributed by atoms with van der Waals surface area (Å²) in [6, 6.07) is 19.7. The minimum Gasteiger partial charge on any atom is -0.493 e. The van der Waals surface area contributed by atoms with Gasteiger partial charge in [0.1, 0.15) is 17.4 Å². The van der Waals surface area contributed by atoms with Gasteiger partial charge in [0.05, 0.1) is 18.5 Å². The molecule has 28 heavy (non-hydrogen) atoms. The third-order valence-corrected chi connectivity index (χ3v) is 4.82. The standard InChI is InChI=1S/C22H19ClN2O3/c23-12-21(26)25-18-7-9-22(24-13-18)28-19-8-6-16-10-17(14-27-20(16)11-19)15-4-2-1-3-5-15/h1-9,11,13,17H,10,12,14H2,(H,25,26). The molecular weight excluding hydrogens is 376 g/mol. The van der Waals surface area contributed by atoms with Crippen molar-refractivity contribution in [2.75, 3.05) is 17.8 Å². The molecule has 1 atom stereocenters. The summed E-state index contributed by atoms with van der Waals surface area (Å²) in [5.41, 5.74) is 3.03. The van der Waals surface area contributed by atoms with Gasteiger partial charge in [-0.15, -0.1) is 11.6 Å². The lowest BCUT2D eigenvalue weighted by molar-refractivity contribution is -0.113. The molecule has 0 fully saturated rings. The van der Waals surface area contributed by atoms with Gasteiger partial charge in [-0.05, 0) is 29.7 Å². The fourth-order valence-electron chi connectivity index (χ4n) is 3.19. The number of carbonyl (C=O) groups excluding carboxylic acids is 1. The quantitative estimate of drug-likeness (QED) is 0.633. The number of fused-ring (bicyclic) bond motifs is 1. The number of nitrogens with one attached hydrogen (secondary N) is 1. The van der Waals surface area contributed by atoms with Crippen molar-refractivity contribution >= 4 is 23.2 Å². The van der Waals surface area contributed by atoms with Crippen molar-refractivity contribution < 1.29 is 14.3 Å². The Balaban J connectivity index is 1.43. The SMILES string of the molecule is O=C(CCl)Nc1ccc(Oc2ccc3c(c2)OCC(c2ccccc2)C3)nc1. The summed E-state index contributed by atoms with van der Waals surface area (Å²) in [7, 11) is 0. The number of ether oxygens (including phenoxy) is 2. The summed E-state index contributed by atoms with van der Waals surface area (Å²) in [5, 5.41) is 2.63. The molecule has 5 nitrogen and oxygen atoms in total. The van der Waals surface area contributed by atoms with E-state index in [1.54, 1.807) is 12.1 Å². The molecule has 0 saturated carbocycles. The van der Waals surface area contributed by atoms with E-state index in [-0.39, 0.29) is 11.8 Å². The summed E-state index contributed by atoms with van der Waals surface area (Å²) in [6.45, 7) is 0.647. The van der Waals surface area contributed by atoms with Crippen molar-refractivity contribution in [2.45, 2.75) is 12.3 Å². The van der Waals surface area contributed by atoms with Crippen LogP contribution in [-0.4, -0.2) is 23.4 Å². The second-order valence-corrected chi connectivity index (χ2v) is 6.83. The number of anilines is 1. The second kappa shape index (κ2) is 8.31. The van der Waals surface area contributed by atoms with Crippen molar-refractivity contribution in [1.82, 2.24) is 4.98 Å². The molecule has 1 aromatic heterocycles. The van der Waals surface area contributed by atoms with Crippen LogP contribution in [0.1, 0.15) is 17.0 Å². The fourth-order valence-corrected chi connectivity index (χ4v) is 3.25. The van der Waals surface area contributed by atoms with Crippen molar-refractivity contribution in [3.8, 4) is 17.4 Å². The summed E-state index contributed by atoms with van der Waals surface area (Å²) in [6.07, 6.45) is 2.46. The summed E-state index contributed by atoms with van der Waals surface area (Å²) >= 11 is 5.47. The molecule has 6 heteroatoms. The highest BCUT2D eigenvalue weighted by Gasteiger charge is 2.21. The van der Waals surface area contributed by atoms with Crippen molar-refractivity contribution in [1.29, 1.82) is 0 Å². The molecule has 0 aliphatic carbocycles. The number of rotatable bonds is 5. The number of carbonyl (C=O) groups is 1. The molecule has 0 radical (unpaired) electrons. The predicted octanol–water partition coefficient (Wildman–Crippen LogP) is 4.77. The van der Waals surface area contributed by atoms with Crippen LogP contribution in [0.5, 0.6) is 17.4 Å². The fraction of sp³-hybridized carbons (Fsp3) is 0.182. The number of halogens is 1. The van der Waals surface area contributed by atoms with Gasteiger partial charge in [-0.25, -0.2) is 4.98 Å². The molecular formula is C22H19ClN2O3. The maximum atomic E-state index is 11.3.